The van der Waals surface area contributed by atoms with E-state index in [2.05, 4.69) is 24.5 Å². The van der Waals surface area contributed by atoms with Crippen LogP contribution in [0.2, 0.25) is 0 Å². The molecule has 1 unspecified atom stereocenters. The lowest BCUT2D eigenvalue weighted by Crippen LogP contribution is -2.50. The van der Waals surface area contributed by atoms with E-state index in [0.29, 0.717) is 32.7 Å². The van der Waals surface area contributed by atoms with E-state index in [-0.39, 0.29) is 11.9 Å². The third-order valence-corrected chi connectivity index (χ3v) is 7.52. The van der Waals surface area contributed by atoms with E-state index in [9.17, 15) is 13.2 Å². The molecule has 1 heterocycles. The Morgan fingerprint density at radius 1 is 1.13 bits per heavy atom. The molecule has 1 atom stereocenters. The van der Waals surface area contributed by atoms with Crippen molar-refractivity contribution in [2.24, 2.45) is 5.92 Å². The molecule has 0 radical (unpaired) electrons. The average molecular weight is 439 g/mol. The molecule has 1 fully saturated rings. The van der Waals surface area contributed by atoms with Gasteiger partial charge in [0.05, 0.1) is 0 Å². The topological polar surface area (TPSA) is 81.8 Å². The average Bonchev–Trinajstić information content (AvgIpc) is 2.74. The molecule has 2 amide bonds. The fourth-order valence-corrected chi connectivity index (χ4v) is 5.43. The van der Waals surface area contributed by atoms with Gasteiger partial charge in [-0.05, 0) is 50.7 Å². The SMILES string of the molecule is CCCCN(CCCC)S(=O)(=O)N1CCCC(CNC(=O)Nc2ccc(C)cc2)C1. The van der Waals surface area contributed by atoms with Gasteiger partial charge in [0, 0.05) is 38.4 Å². The van der Waals surface area contributed by atoms with E-state index in [1.807, 2.05) is 31.2 Å². The van der Waals surface area contributed by atoms with Crippen molar-refractivity contribution in [3.8, 4) is 0 Å². The molecule has 30 heavy (non-hydrogen) atoms. The lowest BCUT2D eigenvalue weighted by molar-refractivity contribution is 0.231. The van der Waals surface area contributed by atoms with Gasteiger partial charge in [-0.25, -0.2) is 4.79 Å². The fourth-order valence-electron chi connectivity index (χ4n) is 3.63. The van der Waals surface area contributed by atoms with E-state index in [0.717, 1.165) is 49.8 Å². The maximum atomic E-state index is 13.2. The maximum absolute atomic E-state index is 13.2. The second-order valence-electron chi connectivity index (χ2n) is 8.18. The largest absolute Gasteiger partial charge is 0.338 e. The summed E-state index contributed by atoms with van der Waals surface area (Å²) in [5.74, 6) is 0.122. The number of piperidine rings is 1. The van der Waals surface area contributed by atoms with Gasteiger partial charge in [0.1, 0.15) is 0 Å². The van der Waals surface area contributed by atoms with Crippen LogP contribution in [0.5, 0.6) is 0 Å². The monoisotopic (exact) mass is 438 g/mol. The lowest BCUT2D eigenvalue weighted by Gasteiger charge is -2.35. The molecule has 1 aromatic rings. The van der Waals surface area contributed by atoms with Crippen molar-refractivity contribution in [3.63, 3.8) is 0 Å². The normalized spacial score (nSPS) is 17.8. The van der Waals surface area contributed by atoms with Gasteiger partial charge < -0.3 is 10.6 Å². The molecule has 0 aliphatic carbocycles. The number of anilines is 1. The Kier molecular flexibility index (Phi) is 10.1. The standard InChI is InChI=1S/C22H38N4O3S/c1-4-6-14-25(15-7-5-2)30(28,29)26-16-8-9-20(18-26)17-23-22(27)24-21-12-10-19(3)11-13-21/h10-13,20H,4-9,14-18H2,1-3H3,(H2,23,24,27). The van der Waals surface area contributed by atoms with Crippen molar-refractivity contribution in [3.05, 3.63) is 29.8 Å². The number of carbonyl (C=O) groups is 1. The number of rotatable bonds is 11. The molecule has 0 spiro atoms. The van der Waals surface area contributed by atoms with Crippen LogP contribution in [-0.4, -0.2) is 55.8 Å². The summed E-state index contributed by atoms with van der Waals surface area (Å²) in [6.07, 6.45) is 5.44. The Morgan fingerprint density at radius 3 is 2.37 bits per heavy atom. The first kappa shape index (κ1) is 24.6. The van der Waals surface area contributed by atoms with Gasteiger partial charge in [-0.15, -0.1) is 0 Å². The third kappa shape index (κ3) is 7.56. The summed E-state index contributed by atoms with van der Waals surface area (Å²) in [6.45, 7) is 8.80. The Hall–Kier alpha value is -1.64. The van der Waals surface area contributed by atoms with Gasteiger partial charge in [0.15, 0.2) is 0 Å². The molecule has 2 N–H and O–H groups in total. The summed E-state index contributed by atoms with van der Waals surface area (Å²) < 4.78 is 29.7. The zero-order chi connectivity index (χ0) is 22.0. The van der Waals surface area contributed by atoms with Gasteiger partial charge >= 0.3 is 6.03 Å². The van der Waals surface area contributed by atoms with Gasteiger partial charge in [-0.2, -0.15) is 17.0 Å². The van der Waals surface area contributed by atoms with Crippen LogP contribution in [0.3, 0.4) is 0 Å². The number of carbonyl (C=O) groups excluding carboxylic acids is 1. The minimum absolute atomic E-state index is 0.122. The van der Waals surface area contributed by atoms with Gasteiger partial charge in [-0.1, -0.05) is 44.4 Å². The van der Waals surface area contributed by atoms with Crippen molar-refractivity contribution >= 4 is 21.9 Å². The number of unbranched alkanes of at least 4 members (excludes halogenated alkanes) is 2. The van der Waals surface area contributed by atoms with Crippen molar-refractivity contribution in [2.45, 2.75) is 59.3 Å². The molecule has 0 aromatic heterocycles. The number of hydrogen-bond donors (Lipinski definition) is 2. The van der Waals surface area contributed by atoms with Crippen LogP contribution in [0.1, 0.15) is 57.9 Å². The number of nitrogens with zero attached hydrogens (tertiary/aromatic N) is 2. The molecule has 0 saturated carbocycles. The van der Waals surface area contributed by atoms with E-state index < -0.39 is 10.2 Å². The summed E-state index contributed by atoms with van der Waals surface area (Å²) in [4.78, 5) is 12.2. The fraction of sp³-hybridized carbons (Fsp3) is 0.682. The number of urea groups is 1. The smallest absolute Gasteiger partial charge is 0.319 e. The summed E-state index contributed by atoms with van der Waals surface area (Å²) in [6, 6.07) is 7.37. The predicted octanol–water partition coefficient (Wildman–Crippen LogP) is 3.98. The highest BCUT2D eigenvalue weighted by Gasteiger charge is 2.33. The van der Waals surface area contributed by atoms with Crippen molar-refractivity contribution < 1.29 is 13.2 Å². The van der Waals surface area contributed by atoms with Crippen LogP contribution >= 0.6 is 0 Å². The minimum Gasteiger partial charge on any atom is -0.338 e. The molecule has 1 aliphatic rings. The van der Waals surface area contributed by atoms with Crippen LogP contribution < -0.4 is 10.6 Å². The Morgan fingerprint density at radius 2 is 1.77 bits per heavy atom. The van der Waals surface area contributed by atoms with E-state index in [1.165, 1.54) is 0 Å². The van der Waals surface area contributed by atoms with Crippen LogP contribution in [-0.2, 0) is 10.2 Å². The highest BCUT2D eigenvalue weighted by Crippen LogP contribution is 2.21. The second kappa shape index (κ2) is 12.3. The Balaban J connectivity index is 1.89. The molecular formula is C22H38N4O3S. The molecule has 7 nitrogen and oxygen atoms in total. The molecule has 8 heteroatoms. The van der Waals surface area contributed by atoms with Crippen LogP contribution in [0.4, 0.5) is 10.5 Å². The van der Waals surface area contributed by atoms with Gasteiger partial charge in [-0.3, -0.25) is 0 Å². The van der Waals surface area contributed by atoms with Gasteiger partial charge in [0.2, 0.25) is 0 Å². The van der Waals surface area contributed by atoms with Crippen LogP contribution in [0.15, 0.2) is 24.3 Å². The number of amides is 2. The molecule has 1 aliphatic heterocycles. The molecule has 2 rings (SSSR count). The van der Waals surface area contributed by atoms with Crippen molar-refractivity contribution in [2.75, 3.05) is 38.0 Å². The zero-order valence-corrected chi connectivity index (χ0v) is 19.5. The van der Waals surface area contributed by atoms with Crippen molar-refractivity contribution in [1.82, 2.24) is 13.9 Å². The Bertz CT molecular complexity index is 744. The van der Waals surface area contributed by atoms with Crippen LogP contribution in [0.25, 0.3) is 0 Å². The molecule has 0 bridgehead atoms. The molecule has 170 valence electrons. The highest BCUT2D eigenvalue weighted by atomic mass is 32.2. The minimum atomic E-state index is -3.45. The lowest BCUT2D eigenvalue weighted by atomic mass is 10.00. The summed E-state index contributed by atoms with van der Waals surface area (Å²) in [5.41, 5.74) is 1.88. The number of benzene rings is 1. The third-order valence-electron chi connectivity index (χ3n) is 5.52. The maximum Gasteiger partial charge on any atom is 0.319 e. The summed E-state index contributed by atoms with van der Waals surface area (Å²) in [5, 5.41) is 5.72. The van der Waals surface area contributed by atoms with E-state index >= 15 is 0 Å². The number of hydrogen-bond acceptors (Lipinski definition) is 3. The number of aryl methyl sites for hydroxylation is 1. The Labute approximate surface area is 182 Å². The molecule has 1 aromatic carbocycles. The summed E-state index contributed by atoms with van der Waals surface area (Å²) in [7, 11) is -3.45. The van der Waals surface area contributed by atoms with Gasteiger partial charge in [0.25, 0.3) is 10.2 Å². The summed E-state index contributed by atoms with van der Waals surface area (Å²) >= 11 is 0. The second-order valence-corrected chi connectivity index (χ2v) is 10.1. The quantitative estimate of drug-likeness (QED) is 0.548. The first-order chi connectivity index (χ1) is 14.4. The first-order valence-corrected chi connectivity index (χ1v) is 12.6. The number of nitrogens with one attached hydrogen (secondary N) is 2. The van der Waals surface area contributed by atoms with E-state index in [4.69, 9.17) is 0 Å². The van der Waals surface area contributed by atoms with Crippen molar-refractivity contribution in [1.29, 1.82) is 0 Å². The predicted molar refractivity (Wildman–Crippen MR) is 123 cm³/mol. The molecular weight excluding hydrogens is 400 g/mol. The zero-order valence-electron chi connectivity index (χ0n) is 18.7. The molecule has 1 saturated heterocycles. The van der Waals surface area contributed by atoms with Crippen LogP contribution in [0, 0.1) is 12.8 Å². The van der Waals surface area contributed by atoms with E-state index in [1.54, 1.807) is 8.61 Å². The highest BCUT2D eigenvalue weighted by molar-refractivity contribution is 7.86. The first-order valence-electron chi connectivity index (χ1n) is 11.2.